The number of rotatable bonds is 12. The third-order valence-electron chi connectivity index (χ3n) is 8.59. The second kappa shape index (κ2) is 14.8. The minimum atomic E-state index is -0.486. The zero-order valence-electron chi connectivity index (χ0n) is 28.6. The quantitative estimate of drug-likeness (QED) is 0.205. The van der Waals surface area contributed by atoms with Crippen LogP contribution in [0.5, 0.6) is 23.0 Å². The van der Waals surface area contributed by atoms with Gasteiger partial charge in [-0.2, -0.15) is 0 Å². The first kappa shape index (κ1) is 34.3. The molecule has 0 bridgehead atoms. The molecule has 0 saturated heterocycles. The van der Waals surface area contributed by atoms with Crippen LogP contribution in [0.15, 0.2) is 51.7 Å². The van der Waals surface area contributed by atoms with Gasteiger partial charge >= 0.3 is 0 Å². The fourth-order valence-corrected chi connectivity index (χ4v) is 6.38. The standard InChI is InChI=1S/C37H43N3O8/c1-21(41)39-29-14-11-23-17-31(45-5)36(46-6)37(47-7)33(23)26-18-27-28(20-32(43)38-15-8-16-40(2)3)34(22-9-12-24(44-4)13-10-22)48-35(27)30(42)19-25(26)29/h9-10,12-13,17-19,29H,8,11,14-16,20H2,1-7H3,(H,38,43)(H,39,41)/t29-/m0/s1. The number of ether oxygens (including phenoxy) is 4. The first-order valence-corrected chi connectivity index (χ1v) is 15.9. The number of carbonyl (C=O) groups is 2. The second-order valence-corrected chi connectivity index (χ2v) is 12.1. The van der Waals surface area contributed by atoms with Gasteiger partial charge in [-0.1, -0.05) is 0 Å². The normalized spacial score (nSPS) is 13.7. The van der Waals surface area contributed by atoms with E-state index >= 15 is 0 Å². The summed E-state index contributed by atoms with van der Waals surface area (Å²) in [5, 5.41) is 6.54. The lowest BCUT2D eigenvalue weighted by Gasteiger charge is -2.20. The Labute approximate surface area is 280 Å². The number of aryl methyl sites for hydroxylation is 1. The van der Waals surface area contributed by atoms with Crippen LogP contribution in [0.25, 0.3) is 33.4 Å². The summed E-state index contributed by atoms with van der Waals surface area (Å²) < 4.78 is 29.1. The molecule has 2 N–H and O–H groups in total. The summed E-state index contributed by atoms with van der Waals surface area (Å²) >= 11 is 0. The van der Waals surface area contributed by atoms with Crippen molar-refractivity contribution in [3.63, 3.8) is 0 Å². The summed E-state index contributed by atoms with van der Waals surface area (Å²) in [7, 11) is 10.2. The number of hydrogen-bond donors (Lipinski definition) is 2. The summed E-state index contributed by atoms with van der Waals surface area (Å²) in [6.45, 7) is 2.79. The molecule has 48 heavy (non-hydrogen) atoms. The maximum Gasteiger partial charge on any atom is 0.224 e. The number of benzene rings is 2. The SMILES string of the molecule is COc1ccc(-c2oc3c(=O)cc4c(cc3c2CC(=O)NCCCN(C)C)-c2c(cc(OC)c(OC)c2OC)CC[C@@H]4NC(C)=O)cc1. The molecule has 2 amide bonds. The molecule has 0 saturated carbocycles. The largest absolute Gasteiger partial charge is 0.497 e. The van der Waals surface area contributed by atoms with E-state index in [0.717, 1.165) is 18.5 Å². The lowest BCUT2D eigenvalue weighted by molar-refractivity contribution is -0.121. The highest BCUT2D eigenvalue weighted by atomic mass is 16.5. The Morgan fingerprint density at radius 3 is 2.31 bits per heavy atom. The predicted molar refractivity (Wildman–Crippen MR) is 184 cm³/mol. The molecule has 1 heterocycles. The molecule has 0 radical (unpaired) electrons. The lowest BCUT2D eigenvalue weighted by atomic mass is 9.94. The Balaban J connectivity index is 1.81. The van der Waals surface area contributed by atoms with Crippen molar-refractivity contribution in [2.45, 2.75) is 38.6 Å². The van der Waals surface area contributed by atoms with Gasteiger partial charge in [-0.3, -0.25) is 14.4 Å². The molecule has 254 valence electrons. The molecular weight excluding hydrogens is 614 g/mol. The molecule has 0 unspecified atom stereocenters. The number of fused-ring (bicyclic) bond motifs is 4. The van der Waals surface area contributed by atoms with Crippen molar-refractivity contribution in [1.82, 2.24) is 15.5 Å². The van der Waals surface area contributed by atoms with E-state index < -0.39 is 6.04 Å². The molecule has 0 spiro atoms. The summed E-state index contributed by atoms with van der Waals surface area (Å²) in [5.74, 6) is 1.98. The van der Waals surface area contributed by atoms with E-state index in [9.17, 15) is 14.4 Å². The van der Waals surface area contributed by atoms with Crippen molar-refractivity contribution >= 4 is 22.8 Å². The molecule has 1 aliphatic rings. The summed E-state index contributed by atoms with van der Waals surface area (Å²) in [5.41, 5.74) is 3.85. The second-order valence-electron chi connectivity index (χ2n) is 12.1. The highest BCUT2D eigenvalue weighted by Gasteiger charge is 2.31. The highest BCUT2D eigenvalue weighted by molar-refractivity contribution is 5.96. The first-order chi connectivity index (χ1) is 23.1. The van der Waals surface area contributed by atoms with Gasteiger partial charge in [0.2, 0.25) is 23.0 Å². The van der Waals surface area contributed by atoms with Crippen molar-refractivity contribution in [2.75, 3.05) is 55.6 Å². The van der Waals surface area contributed by atoms with E-state index in [1.54, 1.807) is 33.5 Å². The topological polar surface area (TPSA) is 129 Å². The van der Waals surface area contributed by atoms with Gasteiger partial charge in [0.1, 0.15) is 11.5 Å². The van der Waals surface area contributed by atoms with Crippen LogP contribution in [0, 0.1) is 0 Å². The van der Waals surface area contributed by atoms with Crippen LogP contribution in [0.4, 0.5) is 0 Å². The van der Waals surface area contributed by atoms with Crippen molar-refractivity contribution in [3.05, 3.63) is 69.4 Å². The van der Waals surface area contributed by atoms with Crippen LogP contribution in [-0.2, 0) is 22.4 Å². The van der Waals surface area contributed by atoms with E-state index in [0.29, 0.717) is 81.3 Å². The van der Waals surface area contributed by atoms with Crippen molar-refractivity contribution < 1.29 is 33.0 Å². The molecule has 1 aliphatic carbocycles. The summed E-state index contributed by atoms with van der Waals surface area (Å²) in [4.78, 5) is 42.1. The van der Waals surface area contributed by atoms with E-state index in [1.807, 2.05) is 38.4 Å². The fourth-order valence-electron chi connectivity index (χ4n) is 6.38. The Morgan fingerprint density at radius 1 is 0.958 bits per heavy atom. The smallest absolute Gasteiger partial charge is 0.224 e. The number of furan rings is 1. The Kier molecular flexibility index (Phi) is 10.6. The maximum atomic E-state index is 14.1. The number of nitrogens with zero attached hydrogens (tertiary/aromatic N) is 1. The minimum absolute atomic E-state index is 0.0282. The minimum Gasteiger partial charge on any atom is -0.497 e. The number of methoxy groups -OCH3 is 4. The van der Waals surface area contributed by atoms with Crippen LogP contribution >= 0.6 is 0 Å². The average molecular weight is 658 g/mol. The van der Waals surface area contributed by atoms with Crippen molar-refractivity contribution in [3.8, 4) is 45.4 Å². The zero-order valence-corrected chi connectivity index (χ0v) is 28.6. The van der Waals surface area contributed by atoms with Gasteiger partial charge in [0.25, 0.3) is 0 Å². The predicted octanol–water partition coefficient (Wildman–Crippen LogP) is 4.90. The number of carbonyl (C=O) groups excluding carboxylic acids is 2. The van der Waals surface area contributed by atoms with Gasteiger partial charge in [-0.25, -0.2) is 0 Å². The lowest BCUT2D eigenvalue weighted by Crippen LogP contribution is -2.28. The molecule has 11 heteroatoms. The average Bonchev–Trinajstić information content (AvgIpc) is 3.27. The van der Waals surface area contributed by atoms with Gasteiger partial charge in [0, 0.05) is 35.5 Å². The number of hydrogen-bond acceptors (Lipinski definition) is 9. The van der Waals surface area contributed by atoms with Crippen LogP contribution in [0.1, 0.15) is 42.5 Å². The summed E-state index contributed by atoms with van der Waals surface area (Å²) in [6.07, 6.45) is 1.83. The summed E-state index contributed by atoms with van der Waals surface area (Å²) in [6, 6.07) is 12.1. The molecule has 0 aliphatic heterocycles. The van der Waals surface area contributed by atoms with Gasteiger partial charge in [-0.15, -0.1) is 0 Å². The molecule has 5 rings (SSSR count). The molecule has 1 aromatic heterocycles. The van der Waals surface area contributed by atoms with E-state index in [1.165, 1.54) is 20.1 Å². The third-order valence-corrected chi connectivity index (χ3v) is 8.59. The monoisotopic (exact) mass is 657 g/mol. The molecule has 11 nitrogen and oxygen atoms in total. The van der Waals surface area contributed by atoms with Crippen LogP contribution in [-0.4, -0.2) is 72.3 Å². The van der Waals surface area contributed by atoms with Crippen LogP contribution in [0.2, 0.25) is 0 Å². The molecule has 1 atom stereocenters. The third kappa shape index (κ3) is 6.96. The number of nitrogens with one attached hydrogen (secondary N) is 2. The molecular formula is C37H43N3O8. The molecule has 3 aromatic carbocycles. The first-order valence-electron chi connectivity index (χ1n) is 15.9. The van der Waals surface area contributed by atoms with Crippen molar-refractivity contribution in [2.24, 2.45) is 0 Å². The molecule has 0 fully saturated rings. The molecule has 4 aromatic rings. The van der Waals surface area contributed by atoms with Gasteiger partial charge in [0.15, 0.2) is 17.1 Å². The Bertz CT molecular complexity index is 1880. The Morgan fingerprint density at radius 2 is 1.69 bits per heavy atom. The van der Waals surface area contributed by atoms with Crippen molar-refractivity contribution in [1.29, 1.82) is 0 Å². The Hall–Kier alpha value is -5.03. The van der Waals surface area contributed by atoms with Gasteiger partial charge in [-0.05, 0) is 99.1 Å². The van der Waals surface area contributed by atoms with E-state index in [2.05, 4.69) is 15.5 Å². The maximum absolute atomic E-state index is 14.1. The highest BCUT2D eigenvalue weighted by Crippen LogP contribution is 2.51. The van der Waals surface area contributed by atoms with Crippen LogP contribution < -0.4 is 35.0 Å². The fraction of sp³-hybridized carbons (Fsp3) is 0.378. The zero-order chi connectivity index (χ0) is 34.5. The van der Waals surface area contributed by atoms with E-state index in [-0.39, 0.29) is 29.2 Å². The van der Waals surface area contributed by atoms with Gasteiger partial charge < -0.3 is 38.9 Å². The van der Waals surface area contributed by atoms with E-state index in [4.69, 9.17) is 23.4 Å². The van der Waals surface area contributed by atoms with Gasteiger partial charge in [0.05, 0.1) is 40.9 Å². The van der Waals surface area contributed by atoms with Crippen LogP contribution in [0.3, 0.4) is 0 Å². The number of amides is 2.